The normalized spacial score (nSPS) is 14.2. The molecule has 2 N–H and O–H groups in total. The second kappa shape index (κ2) is 5.33. The maximum atomic E-state index is 6.19. The highest BCUT2D eigenvalue weighted by Gasteiger charge is 2.18. The van der Waals surface area contributed by atoms with E-state index in [0.29, 0.717) is 18.0 Å². The second-order valence-corrected chi connectivity index (χ2v) is 4.77. The quantitative estimate of drug-likeness (QED) is 0.852. The van der Waals surface area contributed by atoms with Crippen LogP contribution in [0.4, 0.5) is 11.4 Å². The van der Waals surface area contributed by atoms with E-state index in [-0.39, 0.29) is 0 Å². The molecule has 4 nitrogen and oxygen atoms in total. The molecule has 1 aliphatic heterocycles. The molecule has 0 fully saturated rings. The highest BCUT2D eigenvalue weighted by atomic mass is 16.5. The highest BCUT2D eigenvalue weighted by Crippen LogP contribution is 2.34. The Bertz CT molecular complexity index is 613. The minimum Gasteiger partial charge on any atom is -0.495 e. The monoisotopic (exact) mass is 270 g/mol. The molecule has 2 aromatic carbocycles. The highest BCUT2D eigenvalue weighted by molar-refractivity contribution is 5.74. The van der Waals surface area contributed by atoms with Crippen molar-refractivity contribution in [3.8, 4) is 11.5 Å². The molecule has 0 aliphatic carbocycles. The summed E-state index contributed by atoms with van der Waals surface area (Å²) in [7, 11) is 1.64. The first-order chi connectivity index (χ1) is 9.79. The van der Waals surface area contributed by atoms with Crippen molar-refractivity contribution in [1.29, 1.82) is 0 Å². The van der Waals surface area contributed by atoms with Gasteiger partial charge in [-0.2, -0.15) is 0 Å². The van der Waals surface area contributed by atoms with Crippen LogP contribution in [-0.2, 0) is 6.54 Å². The van der Waals surface area contributed by atoms with E-state index in [1.165, 1.54) is 5.56 Å². The van der Waals surface area contributed by atoms with Gasteiger partial charge in [-0.1, -0.05) is 24.3 Å². The van der Waals surface area contributed by atoms with Crippen molar-refractivity contribution < 1.29 is 9.47 Å². The van der Waals surface area contributed by atoms with Crippen molar-refractivity contribution in [2.45, 2.75) is 6.54 Å². The maximum Gasteiger partial charge on any atom is 0.143 e. The molecule has 1 aliphatic rings. The average molecular weight is 270 g/mol. The number of nitrogen functional groups attached to an aromatic ring is 1. The Labute approximate surface area is 118 Å². The molecule has 0 aromatic heterocycles. The Hall–Kier alpha value is -2.36. The van der Waals surface area contributed by atoms with Gasteiger partial charge in [-0.25, -0.2) is 0 Å². The smallest absolute Gasteiger partial charge is 0.143 e. The van der Waals surface area contributed by atoms with Gasteiger partial charge in [-0.05, 0) is 18.2 Å². The van der Waals surface area contributed by atoms with E-state index in [1.54, 1.807) is 7.11 Å². The number of benzene rings is 2. The predicted molar refractivity (Wildman–Crippen MR) is 80.4 cm³/mol. The molecule has 0 atom stereocenters. The summed E-state index contributed by atoms with van der Waals surface area (Å²) < 4.78 is 11.1. The van der Waals surface area contributed by atoms with Crippen LogP contribution in [0.3, 0.4) is 0 Å². The van der Waals surface area contributed by atoms with Crippen molar-refractivity contribution in [2.24, 2.45) is 0 Å². The molecule has 0 amide bonds. The van der Waals surface area contributed by atoms with Crippen LogP contribution in [0, 0.1) is 0 Å². The zero-order chi connectivity index (χ0) is 13.9. The number of hydrogen-bond donors (Lipinski definition) is 1. The predicted octanol–water partition coefficient (Wildman–Crippen LogP) is 2.68. The molecular formula is C16H18N2O2. The number of methoxy groups -OCH3 is 1. The van der Waals surface area contributed by atoms with E-state index >= 15 is 0 Å². The van der Waals surface area contributed by atoms with E-state index in [2.05, 4.69) is 11.0 Å². The lowest BCUT2D eigenvalue weighted by molar-refractivity contribution is 0.331. The van der Waals surface area contributed by atoms with Crippen LogP contribution in [0.25, 0.3) is 0 Å². The van der Waals surface area contributed by atoms with E-state index < -0.39 is 0 Å². The van der Waals surface area contributed by atoms with Gasteiger partial charge in [-0.15, -0.1) is 0 Å². The van der Waals surface area contributed by atoms with Crippen LogP contribution in [-0.4, -0.2) is 20.3 Å². The average Bonchev–Trinajstić information content (AvgIpc) is 2.69. The van der Waals surface area contributed by atoms with Crippen LogP contribution >= 0.6 is 0 Å². The first-order valence-corrected chi connectivity index (χ1v) is 6.67. The summed E-state index contributed by atoms with van der Waals surface area (Å²) in [6.07, 6.45) is 0. The molecule has 4 heteroatoms. The van der Waals surface area contributed by atoms with Crippen LogP contribution in [0.5, 0.6) is 11.5 Å². The van der Waals surface area contributed by atoms with Gasteiger partial charge in [0.05, 0.1) is 25.0 Å². The van der Waals surface area contributed by atoms with E-state index in [9.17, 15) is 0 Å². The SMILES string of the molecule is COc1cccc(N2CCOc3ccccc3C2)c1N. The van der Waals surface area contributed by atoms with Gasteiger partial charge in [0.25, 0.3) is 0 Å². The van der Waals surface area contributed by atoms with E-state index in [0.717, 1.165) is 24.5 Å². The lowest BCUT2D eigenvalue weighted by atomic mass is 10.1. The molecule has 0 spiro atoms. The van der Waals surface area contributed by atoms with E-state index in [1.807, 2.05) is 36.4 Å². The zero-order valence-electron chi connectivity index (χ0n) is 11.5. The fourth-order valence-corrected chi connectivity index (χ4v) is 2.52. The number of nitrogens with two attached hydrogens (primary N) is 1. The van der Waals surface area contributed by atoms with Crippen molar-refractivity contribution in [2.75, 3.05) is 30.9 Å². The zero-order valence-corrected chi connectivity index (χ0v) is 11.5. The standard InChI is InChI=1S/C16H18N2O2/c1-19-15-8-4-6-13(16(15)17)18-9-10-20-14-7-3-2-5-12(14)11-18/h2-8H,9-11,17H2,1H3. The third-order valence-electron chi connectivity index (χ3n) is 3.56. The van der Waals surface area contributed by atoms with Gasteiger partial charge < -0.3 is 20.1 Å². The number of fused-ring (bicyclic) bond motifs is 1. The van der Waals surface area contributed by atoms with Gasteiger partial charge in [0.15, 0.2) is 0 Å². The van der Waals surface area contributed by atoms with Crippen molar-refractivity contribution >= 4 is 11.4 Å². The van der Waals surface area contributed by atoms with Crippen molar-refractivity contribution in [1.82, 2.24) is 0 Å². The van der Waals surface area contributed by atoms with E-state index in [4.69, 9.17) is 15.2 Å². The summed E-state index contributed by atoms with van der Waals surface area (Å²) >= 11 is 0. The van der Waals surface area contributed by atoms with Gasteiger partial charge in [-0.3, -0.25) is 0 Å². The van der Waals surface area contributed by atoms with Crippen molar-refractivity contribution in [3.63, 3.8) is 0 Å². The number of hydrogen-bond acceptors (Lipinski definition) is 4. The summed E-state index contributed by atoms with van der Waals surface area (Å²) in [6.45, 7) is 2.23. The molecule has 20 heavy (non-hydrogen) atoms. The summed E-state index contributed by atoms with van der Waals surface area (Å²) in [5, 5.41) is 0. The lowest BCUT2D eigenvalue weighted by Crippen LogP contribution is -2.26. The summed E-state index contributed by atoms with van der Waals surface area (Å²) in [6, 6.07) is 14.0. The summed E-state index contributed by atoms with van der Waals surface area (Å²) in [5.74, 6) is 1.66. The number of rotatable bonds is 2. The second-order valence-electron chi connectivity index (χ2n) is 4.77. The molecule has 2 aromatic rings. The van der Waals surface area contributed by atoms with Crippen LogP contribution in [0.2, 0.25) is 0 Å². The fraction of sp³-hybridized carbons (Fsp3) is 0.250. The maximum absolute atomic E-state index is 6.19. The van der Waals surface area contributed by atoms with Gasteiger partial charge >= 0.3 is 0 Å². The molecule has 0 saturated carbocycles. The number of nitrogens with zero attached hydrogens (tertiary/aromatic N) is 1. The molecule has 0 unspecified atom stereocenters. The summed E-state index contributed by atoms with van der Waals surface area (Å²) in [5.41, 5.74) is 9.03. The Morgan fingerprint density at radius 1 is 1.15 bits per heavy atom. The first kappa shape index (κ1) is 12.7. The van der Waals surface area contributed by atoms with Gasteiger partial charge in [0.2, 0.25) is 0 Å². The van der Waals surface area contributed by atoms with Gasteiger partial charge in [0.1, 0.15) is 18.1 Å². The Balaban J connectivity index is 1.95. The Morgan fingerprint density at radius 2 is 2.00 bits per heavy atom. The molecule has 3 rings (SSSR count). The van der Waals surface area contributed by atoms with Gasteiger partial charge in [0, 0.05) is 12.1 Å². The molecule has 0 bridgehead atoms. The Kier molecular flexibility index (Phi) is 3.37. The molecule has 0 saturated heterocycles. The largest absolute Gasteiger partial charge is 0.495 e. The minimum absolute atomic E-state index is 0.646. The Morgan fingerprint density at radius 3 is 2.85 bits per heavy atom. The lowest BCUT2D eigenvalue weighted by Gasteiger charge is -2.24. The topological polar surface area (TPSA) is 47.7 Å². The third kappa shape index (κ3) is 2.25. The van der Waals surface area contributed by atoms with Crippen LogP contribution < -0.4 is 20.1 Å². The third-order valence-corrected chi connectivity index (χ3v) is 3.56. The van der Waals surface area contributed by atoms with Crippen LogP contribution in [0.15, 0.2) is 42.5 Å². The number of anilines is 2. The summed E-state index contributed by atoms with van der Waals surface area (Å²) in [4.78, 5) is 2.23. The molecule has 0 radical (unpaired) electrons. The first-order valence-electron chi connectivity index (χ1n) is 6.67. The fourth-order valence-electron chi connectivity index (χ4n) is 2.52. The molecular weight excluding hydrogens is 252 g/mol. The van der Waals surface area contributed by atoms with Crippen molar-refractivity contribution in [3.05, 3.63) is 48.0 Å². The number of para-hydroxylation sites is 2. The molecule has 1 heterocycles. The minimum atomic E-state index is 0.646. The van der Waals surface area contributed by atoms with Crippen LogP contribution in [0.1, 0.15) is 5.56 Å². The molecule has 104 valence electrons. The number of ether oxygens (including phenoxy) is 2.